The minimum absolute atomic E-state index is 0.129. The Morgan fingerprint density at radius 1 is 1.14 bits per heavy atom. The Hall–Kier alpha value is -3.84. The molecule has 0 radical (unpaired) electrons. The summed E-state index contributed by atoms with van der Waals surface area (Å²) in [4.78, 5) is 31.5. The van der Waals surface area contributed by atoms with Crippen LogP contribution in [0, 0.1) is 11.3 Å². The van der Waals surface area contributed by atoms with Crippen LogP contribution < -0.4 is 19.3 Å². The molecule has 2 aromatic rings. The number of piperazine rings is 1. The molecule has 4 heterocycles. The molecule has 1 aromatic carbocycles. The Labute approximate surface area is 254 Å². The van der Waals surface area contributed by atoms with Crippen molar-refractivity contribution in [3.05, 3.63) is 47.7 Å². The summed E-state index contributed by atoms with van der Waals surface area (Å²) in [5.41, 5.74) is 4.87. The highest BCUT2D eigenvalue weighted by molar-refractivity contribution is 5.87. The van der Waals surface area contributed by atoms with Gasteiger partial charge < -0.3 is 29.1 Å². The highest BCUT2D eigenvalue weighted by Crippen LogP contribution is 2.38. The third-order valence-electron chi connectivity index (χ3n) is 9.74. The van der Waals surface area contributed by atoms with Gasteiger partial charge in [0.25, 0.3) is 0 Å². The number of aromatic nitrogens is 2. The fourth-order valence-corrected chi connectivity index (χ4v) is 7.33. The number of amides is 1. The van der Waals surface area contributed by atoms with E-state index in [-0.39, 0.29) is 18.4 Å². The number of carbonyl (C=O) groups excluding carboxylic acids is 1. The van der Waals surface area contributed by atoms with Gasteiger partial charge in [0.2, 0.25) is 5.91 Å². The van der Waals surface area contributed by atoms with Gasteiger partial charge in [0.1, 0.15) is 18.2 Å². The van der Waals surface area contributed by atoms with E-state index >= 15 is 0 Å². The molecule has 2 saturated heterocycles. The number of anilines is 2. The van der Waals surface area contributed by atoms with E-state index in [0.29, 0.717) is 44.3 Å². The first-order valence-corrected chi connectivity index (χ1v) is 15.7. The number of nitrogens with zero attached hydrogens (tertiary/aromatic N) is 7. The molecule has 3 atom stereocenters. The minimum Gasteiger partial charge on any atom is -0.497 e. The van der Waals surface area contributed by atoms with E-state index in [1.165, 1.54) is 29.3 Å². The van der Waals surface area contributed by atoms with E-state index < -0.39 is 0 Å². The molecule has 1 amide bonds. The van der Waals surface area contributed by atoms with E-state index in [2.05, 4.69) is 52.6 Å². The molecule has 0 N–H and O–H groups in total. The van der Waals surface area contributed by atoms with Crippen molar-refractivity contribution >= 4 is 17.4 Å². The van der Waals surface area contributed by atoms with E-state index in [1.54, 1.807) is 12.0 Å². The second kappa shape index (κ2) is 12.8. The van der Waals surface area contributed by atoms with Crippen molar-refractivity contribution < 1.29 is 14.3 Å². The maximum atomic E-state index is 12.6. The zero-order valence-corrected chi connectivity index (χ0v) is 25.5. The van der Waals surface area contributed by atoms with Crippen LogP contribution in [0.15, 0.2) is 30.9 Å². The van der Waals surface area contributed by atoms with Gasteiger partial charge in [0.05, 0.1) is 31.3 Å². The molecule has 1 aromatic heterocycles. The van der Waals surface area contributed by atoms with Gasteiger partial charge in [-0.3, -0.25) is 4.79 Å². The topological polar surface area (TPSA) is 98.1 Å². The summed E-state index contributed by atoms with van der Waals surface area (Å²) in [6.45, 7) is 8.04. The van der Waals surface area contributed by atoms with E-state index in [1.807, 2.05) is 0 Å². The SMILES string of the molecule is C=CC(=O)N1CCN(c2nc(OC[C@@H]3CCCN3C)nc3c2CCC(N2CCCc4ccc(OC)cc42)C3)C[C@@H]1CC#N. The highest BCUT2D eigenvalue weighted by atomic mass is 16.5. The smallest absolute Gasteiger partial charge is 0.318 e. The molecule has 0 bridgehead atoms. The third-order valence-corrected chi connectivity index (χ3v) is 9.74. The lowest BCUT2D eigenvalue weighted by atomic mass is 9.88. The van der Waals surface area contributed by atoms with Crippen LogP contribution in [0.3, 0.4) is 0 Å². The number of methoxy groups -OCH3 is 1. The first-order chi connectivity index (χ1) is 21.0. The van der Waals surface area contributed by atoms with E-state index in [9.17, 15) is 10.1 Å². The molecule has 1 unspecified atom stereocenters. The van der Waals surface area contributed by atoms with Crippen LogP contribution in [0.1, 0.15) is 48.9 Å². The number of nitriles is 1. The van der Waals surface area contributed by atoms with Crippen molar-refractivity contribution in [2.45, 2.75) is 69.5 Å². The molecule has 228 valence electrons. The predicted octanol–water partition coefficient (Wildman–Crippen LogP) is 3.39. The molecule has 4 aliphatic rings. The fraction of sp³-hybridized carbons (Fsp3) is 0.576. The molecule has 0 saturated carbocycles. The van der Waals surface area contributed by atoms with Gasteiger partial charge in [-0.05, 0) is 69.8 Å². The first kappa shape index (κ1) is 29.2. The summed E-state index contributed by atoms with van der Waals surface area (Å²) in [5.74, 6) is 1.66. The van der Waals surface area contributed by atoms with Crippen LogP contribution in [-0.2, 0) is 24.1 Å². The van der Waals surface area contributed by atoms with Crippen LogP contribution in [0.25, 0.3) is 0 Å². The van der Waals surface area contributed by atoms with Crippen molar-refractivity contribution in [2.75, 3.05) is 63.3 Å². The van der Waals surface area contributed by atoms with Crippen LogP contribution >= 0.6 is 0 Å². The fourth-order valence-electron chi connectivity index (χ4n) is 7.33. The summed E-state index contributed by atoms with van der Waals surface area (Å²) in [5, 5.41) is 9.54. The van der Waals surface area contributed by atoms with Crippen LogP contribution in [-0.4, -0.2) is 97.3 Å². The summed E-state index contributed by atoms with van der Waals surface area (Å²) < 4.78 is 11.9. The number of rotatable bonds is 8. The summed E-state index contributed by atoms with van der Waals surface area (Å²) >= 11 is 0. The molecule has 43 heavy (non-hydrogen) atoms. The summed E-state index contributed by atoms with van der Waals surface area (Å²) in [7, 11) is 3.87. The predicted molar refractivity (Wildman–Crippen MR) is 166 cm³/mol. The van der Waals surface area contributed by atoms with Crippen LogP contribution in [0.4, 0.5) is 11.5 Å². The Balaban J connectivity index is 1.30. The standard InChI is InChI=1S/C33H43N7O3/c1-4-31(41)40-18-17-38(21-25(40)13-14-34)32-28-12-10-24(39-16-5-7-23-9-11-27(42-3)20-30(23)39)19-29(28)35-33(36-32)43-22-26-8-6-15-37(26)2/h4,9,11,20,24-26H,1,5-8,10,12-13,15-19,21-22H2,2-3H3/t24?,25-,26-/m0/s1. The summed E-state index contributed by atoms with van der Waals surface area (Å²) in [6, 6.07) is 9.62. The lowest BCUT2D eigenvalue weighted by molar-refractivity contribution is -0.128. The second-order valence-electron chi connectivity index (χ2n) is 12.2. The zero-order valence-electron chi connectivity index (χ0n) is 25.5. The Kier molecular flexibility index (Phi) is 8.70. The maximum absolute atomic E-state index is 12.6. The average Bonchev–Trinajstić information content (AvgIpc) is 3.46. The quantitative estimate of drug-likeness (QED) is 0.432. The van der Waals surface area contributed by atoms with Gasteiger partial charge in [-0.2, -0.15) is 15.2 Å². The minimum atomic E-state index is -0.220. The molecule has 10 heteroatoms. The molecule has 6 rings (SSSR count). The van der Waals surface area contributed by atoms with Gasteiger partial charge in [-0.15, -0.1) is 0 Å². The Morgan fingerprint density at radius 3 is 2.79 bits per heavy atom. The Bertz CT molecular complexity index is 1390. The molecule has 0 spiro atoms. The molecule has 2 fully saturated rings. The number of carbonyl (C=O) groups is 1. The van der Waals surface area contributed by atoms with Crippen molar-refractivity contribution in [2.24, 2.45) is 0 Å². The van der Waals surface area contributed by atoms with E-state index in [0.717, 1.165) is 68.9 Å². The van der Waals surface area contributed by atoms with E-state index in [4.69, 9.17) is 19.4 Å². The van der Waals surface area contributed by atoms with Gasteiger partial charge in [-0.25, -0.2) is 0 Å². The van der Waals surface area contributed by atoms with Crippen molar-refractivity contribution in [1.29, 1.82) is 5.26 Å². The molecule has 1 aliphatic carbocycles. The van der Waals surface area contributed by atoms with Gasteiger partial charge in [0.15, 0.2) is 0 Å². The molecular weight excluding hydrogens is 542 g/mol. The van der Waals surface area contributed by atoms with Gasteiger partial charge >= 0.3 is 6.01 Å². The van der Waals surface area contributed by atoms with Gasteiger partial charge in [-0.1, -0.05) is 12.6 Å². The van der Waals surface area contributed by atoms with Crippen LogP contribution in [0.5, 0.6) is 11.8 Å². The zero-order chi connectivity index (χ0) is 29.9. The molecular formula is C33H43N7O3. The lowest BCUT2D eigenvalue weighted by Crippen LogP contribution is -2.55. The number of hydrogen-bond acceptors (Lipinski definition) is 9. The molecule has 10 nitrogen and oxygen atoms in total. The van der Waals surface area contributed by atoms with Crippen molar-refractivity contribution in [1.82, 2.24) is 19.8 Å². The van der Waals surface area contributed by atoms with Crippen molar-refractivity contribution in [3.8, 4) is 17.8 Å². The van der Waals surface area contributed by atoms with Gasteiger partial charge in [0, 0.05) is 62.0 Å². The normalized spacial score (nSPS) is 23.7. The monoisotopic (exact) mass is 585 g/mol. The average molecular weight is 586 g/mol. The maximum Gasteiger partial charge on any atom is 0.318 e. The second-order valence-corrected chi connectivity index (χ2v) is 12.2. The summed E-state index contributed by atoms with van der Waals surface area (Å²) in [6.07, 6.45) is 8.81. The molecule has 3 aliphatic heterocycles. The van der Waals surface area contributed by atoms with Crippen LogP contribution in [0.2, 0.25) is 0 Å². The highest BCUT2D eigenvalue weighted by Gasteiger charge is 2.35. The number of aryl methyl sites for hydroxylation is 1. The van der Waals surface area contributed by atoms with Crippen molar-refractivity contribution in [3.63, 3.8) is 0 Å². The largest absolute Gasteiger partial charge is 0.497 e. The lowest BCUT2D eigenvalue weighted by Gasteiger charge is -2.43. The number of fused-ring (bicyclic) bond motifs is 2. The Morgan fingerprint density at radius 2 is 2.02 bits per heavy atom. The number of ether oxygens (including phenoxy) is 2. The number of hydrogen-bond donors (Lipinski definition) is 0. The number of likely N-dealkylation sites (N-methyl/N-ethyl adjacent to an activating group) is 1. The first-order valence-electron chi connectivity index (χ1n) is 15.7. The third kappa shape index (κ3) is 6.00. The number of benzene rings is 1. The number of likely N-dealkylation sites (tertiary alicyclic amines) is 1.